The van der Waals surface area contributed by atoms with Crippen LogP contribution in [0.3, 0.4) is 0 Å². The highest BCUT2D eigenvalue weighted by Gasteiger charge is 2.14. The van der Waals surface area contributed by atoms with Gasteiger partial charge < -0.3 is 20.4 Å². The summed E-state index contributed by atoms with van der Waals surface area (Å²) in [6, 6.07) is 8.75. The lowest BCUT2D eigenvalue weighted by Gasteiger charge is -2.34. The molecular weight excluding hydrogens is 346 g/mol. The Labute approximate surface area is 172 Å². The van der Waals surface area contributed by atoms with E-state index >= 15 is 0 Å². The Morgan fingerprint density at radius 2 is 1.82 bits per heavy atom. The topological polar surface area (TPSA) is 42.9 Å². The van der Waals surface area contributed by atoms with Crippen LogP contribution < -0.4 is 10.6 Å². The largest absolute Gasteiger partial charge is 0.357 e. The average molecular weight is 388 g/mol. The van der Waals surface area contributed by atoms with Crippen LogP contribution in [0.1, 0.15) is 50.7 Å². The Balaban J connectivity index is 1.67. The van der Waals surface area contributed by atoms with Crippen LogP contribution in [-0.4, -0.2) is 74.7 Å². The lowest BCUT2D eigenvalue weighted by molar-refractivity contribution is 0.136. The molecule has 2 rings (SSSR count). The Morgan fingerprint density at radius 3 is 2.50 bits per heavy atom. The molecule has 1 saturated heterocycles. The summed E-state index contributed by atoms with van der Waals surface area (Å²) in [5, 5.41) is 6.88. The van der Waals surface area contributed by atoms with Crippen molar-refractivity contribution in [3.63, 3.8) is 0 Å². The number of aliphatic imine (C=N–C) groups is 1. The third-order valence-corrected chi connectivity index (χ3v) is 5.58. The van der Waals surface area contributed by atoms with E-state index < -0.39 is 0 Å². The van der Waals surface area contributed by atoms with Gasteiger partial charge in [0.2, 0.25) is 0 Å². The summed E-state index contributed by atoms with van der Waals surface area (Å²) in [6.07, 6.45) is 2.43. The minimum absolute atomic E-state index is 0.428. The average Bonchev–Trinajstić information content (AvgIpc) is 2.72. The Kier molecular flexibility index (Phi) is 10.4. The maximum absolute atomic E-state index is 4.80. The number of guanidine groups is 1. The van der Waals surface area contributed by atoms with Crippen molar-refractivity contribution in [2.45, 2.75) is 46.5 Å². The number of hydrogen-bond acceptors (Lipinski definition) is 3. The molecule has 1 aliphatic rings. The van der Waals surface area contributed by atoms with Gasteiger partial charge >= 0.3 is 0 Å². The maximum atomic E-state index is 4.80. The zero-order valence-electron chi connectivity index (χ0n) is 18.5. The molecule has 1 fully saturated rings. The number of piperazine rings is 1. The highest BCUT2D eigenvalue weighted by molar-refractivity contribution is 5.79. The minimum atomic E-state index is 0.428. The second-order valence-electron chi connectivity index (χ2n) is 7.94. The van der Waals surface area contributed by atoms with Gasteiger partial charge in [-0.2, -0.15) is 0 Å². The van der Waals surface area contributed by atoms with Gasteiger partial charge in [0, 0.05) is 51.7 Å². The van der Waals surface area contributed by atoms with Crippen LogP contribution in [0.4, 0.5) is 0 Å². The van der Waals surface area contributed by atoms with Crippen LogP contribution in [0.2, 0.25) is 0 Å². The molecule has 0 spiro atoms. The molecule has 1 unspecified atom stereocenters. The van der Waals surface area contributed by atoms with Crippen LogP contribution in [0.15, 0.2) is 29.3 Å². The first-order valence-corrected chi connectivity index (χ1v) is 11.2. The molecule has 0 bridgehead atoms. The van der Waals surface area contributed by atoms with E-state index in [0.717, 1.165) is 25.6 Å². The lowest BCUT2D eigenvalue weighted by atomic mass is 10.00. The van der Waals surface area contributed by atoms with Gasteiger partial charge in [-0.1, -0.05) is 43.7 Å². The fourth-order valence-electron chi connectivity index (χ4n) is 3.65. The highest BCUT2D eigenvalue weighted by atomic mass is 15.3. The predicted octanol–water partition coefficient (Wildman–Crippen LogP) is 3.07. The molecule has 5 nitrogen and oxygen atoms in total. The summed E-state index contributed by atoms with van der Waals surface area (Å²) in [5.74, 6) is 1.37. The third kappa shape index (κ3) is 8.19. The quantitative estimate of drug-likeness (QED) is 0.368. The summed E-state index contributed by atoms with van der Waals surface area (Å²) in [7, 11) is 0. The fourth-order valence-corrected chi connectivity index (χ4v) is 3.65. The summed E-state index contributed by atoms with van der Waals surface area (Å²) >= 11 is 0. The number of aryl methyl sites for hydroxylation is 1. The normalized spacial score (nSPS) is 17.5. The van der Waals surface area contributed by atoms with E-state index in [0.29, 0.717) is 5.92 Å². The summed E-state index contributed by atoms with van der Waals surface area (Å²) < 4.78 is 0. The number of hydrogen-bond donors (Lipinski definition) is 2. The van der Waals surface area contributed by atoms with E-state index in [1.54, 1.807) is 0 Å². The first-order chi connectivity index (χ1) is 13.6. The molecule has 1 heterocycles. The first kappa shape index (κ1) is 22.7. The maximum Gasteiger partial charge on any atom is 0.191 e. The molecule has 28 heavy (non-hydrogen) atoms. The van der Waals surface area contributed by atoms with E-state index in [4.69, 9.17) is 4.99 Å². The van der Waals surface area contributed by atoms with Gasteiger partial charge in [0.15, 0.2) is 5.96 Å². The van der Waals surface area contributed by atoms with Crippen molar-refractivity contribution in [2.24, 2.45) is 4.99 Å². The van der Waals surface area contributed by atoms with Gasteiger partial charge in [-0.3, -0.25) is 4.99 Å². The molecule has 0 aliphatic carbocycles. The van der Waals surface area contributed by atoms with Gasteiger partial charge in [0.25, 0.3) is 0 Å². The summed E-state index contributed by atoms with van der Waals surface area (Å²) in [4.78, 5) is 9.95. The smallest absolute Gasteiger partial charge is 0.191 e. The lowest BCUT2D eigenvalue weighted by Crippen LogP contribution is -2.46. The molecular formula is C23H41N5. The van der Waals surface area contributed by atoms with E-state index in [2.05, 4.69) is 72.4 Å². The predicted molar refractivity (Wildman–Crippen MR) is 121 cm³/mol. The second-order valence-corrected chi connectivity index (χ2v) is 7.94. The zero-order chi connectivity index (χ0) is 20.2. The van der Waals surface area contributed by atoms with E-state index in [-0.39, 0.29) is 0 Å². The minimum Gasteiger partial charge on any atom is -0.357 e. The van der Waals surface area contributed by atoms with Crippen molar-refractivity contribution in [3.05, 3.63) is 35.4 Å². The number of nitrogens with zero attached hydrogens (tertiary/aromatic N) is 3. The van der Waals surface area contributed by atoms with Gasteiger partial charge in [-0.15, -0.1) is 0 Å². The van der Waals surface area contributed by atoms with Crippen LogP contribution in [0.5, 0.6) is 0 Å². The first-order valence-electron chi connectivity index (χ1n) is 11.2. The highest BCUT2D eigenvalue weighted by Crippen LogP contribution is 2.16. The Hall–Kier alpha value is -1.59. The van der Waals surface area contributed by atoms with Crippen LogP contribution in [0, 0.1) is 6.92 Å². The van der Waals surface area contributed by atoms with Gasteiger partial charge in [0.05, 0.1) is 0 Å². The standard InChI is InChI=1S/C23H41N5/c1-5-24-23(26-19-21(4)22-11-9-10-20(3)18-22)25-12-7-8-13-28-16-14-27(6-2)15-17-28/h9-11,18,21H,5-8,12-17,19H2,1-4H3,(H2,24,25,26). The molecule has 1 aliphatic heterocycles. The fraction of sp³-hybridized carbons (Fsp3) is 0.696. The van der Waals surface area contributed by atoms with Gasteiger partial charge in [-0.25, -0.2) is 0 Å². The monoisotopic (exact) mass is 387 g/mol. The molecule has 1 atom stereocenters. The molecule has 2 N–H and O–H groups in total. The van der Waals surface area contributed by atoms with Crippen LogP contribution >= 0.6 is 0 Å². The molecule has 1 aromatic rings. The van der Waals surface area contributed by atoms with Crippen molar-refractivity contribution < 1.29 is 0 Å². The molecule has 0 radical (unpaired) electrons. The van der Waals surface area contributed by atoms with Crippen LogP contribution in [-0.2, 0) is 0 Å². The molecule has 158 valence electrons. The Morgan fingerprint density at radius 1 is 1.07 bits per heavy atom. The number of unbranched alkanes of at least 4 members (excludes halogenated alkanes) is 1. The molecule has 0 amide bonds. The number of rotatable bonds is 10. The van der Waals surface area contributed by atoms with Gasteiger partial charge in [-0.05, 0) is 45.3 Å². The van der Waals surface area contributed by atoms with E-state index in [9.17, 15) is 0 Å². The van der Waals surface area contributed by atoms with Crippen molar-refractivity contribution in [2.75, 3.05) is 58.9 Å². The number of benzene rings is 1. The second kappa shape index (κ2) is 12.8. The van der Waals surface area contributed by atoms with Crippen molar-refractivity contribution in [3.8, 4) is 0 Å². The van der Waals surface area contributed by atoms with Crippen molar-refractivity contribution in [1.29, 1.82) is 0 Å². The zero-order valence-corrected chi connectivity index (χ0v) is 18.5. The number of nitrogens with one attached hydrogen (secondary N) is 2. The number of likely N-dealkylation sites (N-methyl/N-ethyl adjacent to an activating group) is 1. The summed E-state index contributed by atoms with van der Waals surface area (Å²) in [5.41, 5.74) is 2.68. The SMILES string of the molecule is CCNC(=NCC(C)c1cccc(C)c1)NCCCCN1CCN(CC)CC1. The summed E-state index contributed by atoms with van der Waals surface area (Å²) in [6.45, 7) is 18.8. The molecule has 1 aromatic carbocycles. The molecule has 5 heteroatoms. The Bertz CT molecular complexity index is 578. The third-order valence-electron chi connectivity index (χ3n) is 5.58. The molecule has 0 aromatic heterocycles. The van der Waals surface area contributed by atoms with Crippen molar-refractivity contribution in [1.82, 2.24) is 20.4 Å². The van der Waals surface area contributed by atoms with Crippen LogP contribution in [0.25, 0.3) is 0 Å². The molecule has 0 saturated carbocycles. The van der Waals surface area contributed by atoms with E-state index in [1.165, 1.54) is 63.2 Å². The van der Waals surface area contributed by atoms with E-state index in [1.807, 2.05) is 0 Å². The van der Waals surface area contributed by atoms with Crippen molar-refractivity contribution >= 4 is 5.96 Å². The van der Waals surface area contributed by atoms with Gasteiger partial charge in [0.1, 0.15) is 0 Å².